The fraction of sp³-hybridized carbons (Fsp3) is 0. The maximum absolute atomic E-state index is 5.40. The number of hydrogen-bond donors (Lipinski definition) is 0. The number of pyridine rings is 1. The Morgan fingerprint density at radius 3 is 1.32 bits per heavy atom. The summed E-state index contributed by atoms with van der Waals surface area (Å²) in [5, 5.41) is 17.5. The molecule has 4 nitrogen and oxygen atoms in total. The molecule has 15 rings (SSSR count). The third-order valence-corrected chi connectivity index (χ3v) is 15.0. The Hall–Kier alpha value is -9.90. The lowest BCUT2D eigenvalue weighted by Crippen LogP contribution is -2.01. The largest absolute Gasteiger partial charge is 0.247 e. The molecule has 0 aliphatic rings. The van der Waals surface area contributed by atoms with Gasteiger partial charge in [0.2, 0.25) is 0 Å². The van der Waals surface area contributed by atoms with Crippen molar-refractivity contribution in [1.29, 1.82) is 0 Å². The second kappa shape index (κ2) is 16.9. The summed E-state index contributed by atoms with van der Waals surface area (Å²) in [6.07, 6.45) is 0. The van der Waals surface area contributed by atoms with Gasteiger partial charge in [0, 0.05) is 38.4 Å². The van der Waals surface area contributed by atoms with Gasteiger partial charge in [-0.15, -0.1) is 0 Å². The number of hydrogen-bond acceptors (Lipinski definition) is 4. The molecule has 0 aliphatic heterocycles. The van der Waals surface area contributed by atoms with Gasteiger partial charge in [-0.2, -0.15) is 0 Å². The molecule has 0 amide bonds. The monoisotopic (exact) mass is 938 g/mol. The topological polar surface area (TPSA) is 51.6 Å². The lowest BCUT2D eigenvalue weighted by molar-refractivity contribution is 1.08. The third-order valence-electron chi connectivity index (χ3n) is 15.0. The summed E-state index contributed by atoms with van der Waals surface area (Å²) in [7, 11) is 0. The van der Waals surface area contributed by atoms with Crippen molar-refractivity contribution in [3.05, 3.63) is 255 Å². The number of rotatable bonds is 6. The zero-order valence-corrected chi connectivity index (χ0v) is 40.0. The fourth-order valence-corrected chi connectivity index (χ4v) is 11.5. The molecule has 0 fully saturated rings. The van der Waals surface area contributed by atoms with Crippen molar-refractivity contribution in [3.8, 4) is 67.7 Å². The summed E-state index contributed by atoms with van der Waals surface area (Å²) in [6, 6.07) is 91.3. The highest BCUT2D eigenvalue weighted by Gasteiger charge is 2.20. The molecule has 0 N–H and O–H groups in total. The number of nitrogens with zero attached hydrogens (tertiary/aromatic N) is 4. The van der Waals surface area contributed by atoms with Crippen molar-refractivity contribution >= 4 is 86.3 Å². The Balaban J connectivity index is 0.882. The summed E-state index contributed by atoms with van der Waals surface area (Å²) in [4.78, 5) is 21.5. The van der Waals surface area contributed by atoms with Gasteiger partial charge in [0.15, 0.2) is 17.5 Å². The van der Waals surface area contributed by atoms with Crippen LogP contribution in [0.4, 0.5) is 0 Å². The van der Waals surface area contributed by atoms with Gasteiger partial charge in [0.1, 0.15) is 0 Å². The van der Waals surface area contributed by atoms with Crippen molar-refractivity contribution in [3.63, 3.8) is 0 Å². The zero-order valence-electron chi connectivity index (χ0n) is 40.0. The Morgan fingerprint density at radius 1 is 0.203 bits per heavy atom. The first kappa shape index (κ1) is 41.8. The van der Waals surface area contributed by atoms with E-state index in [0.717, 1.165) is 93.2 Å². The first-order chi connectivity index (χ1) is 36.7. The Bertz CT molecular complexity index is 4650. The summed E-state index contributed by atoms with van der Waals surface area (Å²) in [5.41, 5.74) is 10.4. The molecular formula is C70H42N4. The van der Waals surface area contributed by atoms with E-state index in [1.165, 1.54) is 43.3 Å². The van der Waals surface area contributed by atoms with E-state index in [1.54, 1.807) is 0 Å². The van der Waals surface area contributed by atoms with Crippen LogP contribution in [0.3, 0.4) is 0 Å². The second-order valence-electron chi connectivity index (χ2n) is 19.3. The lowest BCUT2D eigenvalue weighted by Gasteiger charge is -2.16. The molecule has 74 heavy (non-hydrogen) atoms. The Kier molecular flexibility index (Phi) is 9.54. The fourth-order valence-electron chi connectivity index (χ4n) is 11.5. The van der Waals surface area contributed by atoms with E-state index in [0.29, 0.717) is 17.5 Å². The van der Waals surface area contributed by atoms with E-state index in [-0.39, 0.29) is 0 Å². The smallest absolute Gasteiger partial charge is 0.164 e. The van der Waals surface area contributed by atoms with Crippen LogP contribution in [-0.4, -0.2) is 19.9 Å². The molecule has 0 radical (unpaired) electrons. The third kappa shape index (κ3) is 6.84. The molecule has 2 heterocycles. The first-order valence-corrected chi connectivity index (χ1v) is 25.2. The predicted molar refractivity (Wildman–Crippen MR) is 310 cm³/mol. The maximum Gasteiger partial charge on any atom is 0.164 e. The van der Waals surface area contributed by atoms with Crippen molar-refractivity contribution in [2.75, 3.05) is 0 Å². The lowest BCUT2D eigenvalue weighted by atomic mass is 9.89. The van der Waals surface area contributed by atoms with Crippen LogP contribution in [0, 0.1) is 0 Å². The highest BCUT2D eigenvalue weighted by atomic mass is 15.0. The molecular weight excluding hydrogens is 897 g/mol. The van der Waals surface area contributed by atoms with Crippen LogP contribution in [0.25, 0.3) is 154 Å². The van der Waals surface area contributed by atoms with Crippen LogP contribution >= 0.6 is 0 Å². The van der Waals surface area contributed by atoms with Crippen LogP contribution in [0.2, 0.25) is 0 Å². The Labute approximate surface area is 426 Å². The van der Waals surface area contributed by atoms with Crippen molar-refractivity contribution in [2.45, 2.75) is 0 Å². The normalized spacial score (nSPS) is 11.8. The van der Waals surface area contributed by atoms with Crippen LogP contribution in [0.5, 0.6) is 0 Å². The molecule has 15 aromatic rings. The van der Waals surface area contributed by atoms with Gasteiger partial charge in [0.05, 0.1) is 11.2 Å². The van der Waals surface area contributed by atoms with E-state index in [2.05, 4.69) is 255 Å². The van der Waals surface area contributed by atoms with Gasteiger partial charge in [0.25, 0.3) is 0 Å². The van der Waals surface area contributed by atoms with Crippen LogP contribution < -0.4 is 0 Å². The number of para-hydroxylation sites is 1. The minimum atomic E-state index is 0.615. The average molecular weight is 939 g/mol. The van der Waals surface area contributed by atoms with Crippen molar-refractivity contribution < 1.29 is 0 Å². The van der Waals surface area contributed by atoms with Gasteiger partial charge in [-0.25, -0.2) is 19.9 Å². The first-order valence-electron chi connectivity index (χ1n) is 25.2. The Morgan fingerprint density at radius 2 is 0.676 bits per heavy atom. The molecule has 0 spiro atoms. The SMILES string of the molecule is c1cc(-c2ccc(-c3cc4c(-c5ccc6ccccc6c5)nc5ccccc5c4c4ccccc34)cc2)cc(-c2nc(-c3cc4ccccc4c4ccccc34)nc(-c3cc4ccccc4c4ccccc34)n2)c1. The van der Waals surface area contributed by atoms with Gasteiger partial charge >= 0.3 is 0 Å². The summed E-state index contributed by atoms with van der Waals surface area (Å²) in [6.45, 7) is 0. The number of aromatic nitrogens is 4. The minimum absolute atomic E-state index is 0.615. The van der Waals surface area contributed by atoms with E-state index in [9.17, 15) is 0 Å². The summed E-state index contributed by atoms with van der Waals surface area (Å²) >= 11 is 0. The standard InChI is InChI=1S/C70H42N4/c1-2-17-46-38-50(37-34-43(46)16-1)67-64-42-61(58-28-11-12-29-59(58)66(64)60-30-13-14-31-65(60)71-67)45-35-32-44(33-36-45)47-20-15-21-51(39-47)68-72-69(62-40-48-18-3-5-22-52(48)54-24-7-9-26-56(54)62)74-70(73-68)63-41-49-19-4-6-23-53(49)55-25-8-10-27-57(55)63/h1-42H. The van der Waals surface area contributed by atoms with Crippen molar-refractivity contribution in [1.82, 2.24) is 19.9 Å². The van der Waals surface area contributed by atoms with Crippen LogP contribution in [0.15, 0.2) is 255 Å². The highest BCUT2D eigenvalue weighted by Crippen LogP contribution is 2.43. The minimum Gasteiger partial charge on any atom is -0.247 e. The molecule has 13 aromatic carbocycles. The van der Waals surface area contributed by atoms with Gasteiger partial charge in [-0.3, -0.25) is 0 Å². The molecule has 0 bridgehead atoms. The molecule has 0 aliphatic carbocycles. The molecule has 2 aromatic heterocycles. The van der Waals surface area contributed by atoms with Crippen molar-refractivity contribution in [2.24, 2.45) is 0 Å². The summed E-state index contributed by atoms with van der Waals surface area (Å²) < 4.78 is 0. The van der Waals surface area contributed by atoms with E-state index < -0.39 is 0 Å². The highest BCUT2D eigenvalue weighted by molar-refractivity contribution is 6.25. The second-order valence-corrected chi connectivity index (χ2v) is 19.3. The van der Waals surface area contributed by atoms with Gasteiger partial charge in [-0.1, -0.05) is 218 Å². The summed E-state index contributed by atoms with van der Waals surface area (Å²) in [5.74, 6) is 1.88. The molecule has 0 saturated heterocycles. The molecule has 0 unspecified atom stereocenters. The van der Waals surface area contributed by atoms with E-state index in [1.807, 2.05) is 0 Å². The molecule has 4 heteroatoms. The van der Waals surface area contributed by atoms with E-state index >= 15 is 0 Å². The molecule has 342 valence electrons. The van der Waals surface area contributed by atoms with Gasteiger partial charge in [-0.05, 0) is 123 Å². The predicted octanol–water partition coefficient (Wildman–Crippen LogP) is 18.5. The van der Waals surface area contributed by atoms with Crippen LogP contribution in [0.1, 0.15) is 0 Å². The van der Waals surface area contributed by atoms with Crippen LogP contribution in [-0.2, 0) is 0 Å². The maximum atomic E-state index is 5.40. The molecule has 0 saturated carbocycles. The molecule has 0 atom stereocenters. The van der Waals surface area contributed by atoms with E-state index in [4.69, 9.17) is 19.9 Å². The zero-order chi connectivity index (χ0) is 48.7. The average Bonchev–Trinajstić information content (AvgIpc) is 3.50. The quantitative estimate of drug-likeness (QED) is 0.156. The number of fused-ring (bicyclic) bond motifs is 12. The van der Waals surface area contributed by atoms with Gasteiger partial charge < -0.3 is 0 Å². The number of benzene rings is 13.